The number of hydrogen-bond donors (Lipinski definition) is 1. The van der Waals surface area contributed by atoms with Crippen molar-refractivity contribution in [2.45, 2.75) is 6.04 Å². The van der Waals surface area contributed by atoms with Gasteiger partial charge in [0.1, 0.15) is 0 Å². The Hall–Kier alpha value is -0.240. The molecule has 90 valence electrons. The van der Waals surface area contributed by atoms with Crippen LogP contribution in [0.5, 0.6) is 0 Å². The van der Waals surface area contributed by atoms with Crippen molar-refractivity contribution < 1.29 is 0 Å². The van der Waals surface area contributed by atoms with Crippen molar-refractivity contribution in [3.05, 3.63) is 43.3 Å². The summed E-state index contributed by atoms with van der Waals surface area (Å²) in [6.45, 7) is 0. The smallest absolute Gasteiger partial charge is 0.0919 e. The summed E-state index contributed by atoms with van der Waals surface area (Å²) in [4.78, 5) is 4.34. The van der Waals surface area contributed by atoms with Gasteiger partial charge in [-0.1, -0.05) is 0 Å². The van der Waals surface area contributed by atoms with E-state index in [1.54, 1.807) is 17.1 Å². The summed E-state index contributed by atoms with van der Waals surface area (Å²) in [5.74, 6) is 0. The average Bonchev–Trinajstić information content (AvgIpc) is 2.58. The van der Waals surface area contributed by atoms with E-state index in [0.717, 1.165) is 24.8 Å². The first-order valence-corrected chi connectivity index (χ1v) is 7.12. The molecule has 4 nitrogen and oxygen atoms in total. The van der Waals surface area contributed by atoms with Crippen molar-refractivity contribution >= 4 is 47.8 Å². The number of nitrogens with two attached hydrogens (primary N) is 1. The Morgan fingerprint density at radius 1 is 1.24 bits per heavy atom. The topological polar surface area (TPSA) is 56.7 Å². The Morgan fingerprint density at radius 3 is 2.47 bits per heavy atom. The molecule has 0 aliphatic heterocycles. The minimum absolute atomic E-state index is 0.334. The lowest BCUT2D eigenvalue weighted by Crippen LogP contribution is -2.18. The minimum atomic E-state index is -0.334. The van der Waals surface area contributed by atoms with Gasteiger partial charge in [0.15, 0.2) is 0 Å². The van der Waals surface area contributed by atoms with Crippen LogP contribution in [-0.4, -0.2) is 14.8 Å². The normalized spacial score (nSPS) is 12.8. The van der Waals surface area contributed by atoms with Gasteiger partial charge in [0, 0.05) is 22.2 Å². The number of pyridine rings is 1. The molecule has 0 saturated heterocycles. The number of nitrogens with zero attached hydrogens (tertiary/aromatic N) is 3. The van der Waals surface area contributed by atoms with Gasteiger partial charge in [-0.3, -0.25) is 9.67 Å². The molecule has 7 heteroatoms. The van der Waals surface area contributed by atoms with Crippen LogP contribution in [0.4, 0.5) is 0 Å². The first-order valence-electron chi connectivity index (χ1n) is 4.74. The number of aromatic nitrogens is 3. The SMILES string of the molecule is Cn1ncc(Br)c1C(N)c1ncc(Br)cc1Br. The molecule has 17 heavy (non-hydrogen) atoms. The van der Waals surface area contributed by atoms with Gasteiger partial charge in [-0.2, -0.15) is 5.10 Å². The molecule has 0 amide bonds. The highest BCUT2D eigenvalue weighted by Crippen LogP contribution is 2.30. The molecule has 0 fully saturated rings. The fraction of sp³-hybridized carbons (Fsp3) is 0.200. The lowest BCUT2D eigenvalue weighted by Gasteiger charge is -2.14. The third-order valence-electron chi connectivity index (χ3n) is 2.36. The van der Waals surface area contributed by atoms with Crippen LogP contribution < -0.4 is 5.73 Å². The summed E-state index contributed by atoms with van der Waals surface area (Å²) >= 11 is 10.3. The zero-order valence-electron chi connectivity index (χ0n) is 8.86. The summed E-state index contributed by atoms with van der Waals surface area (Å²) in [6.07, 6.45) is 3.45. The van der Waals surface area contributed by atoms with E-state index in [-0.39, 0.29) is 6.04 Å². The summed E-state index contributed by atoms with van der Waals surface area (Å²) in [5, 5.41) is 4.15. The first kappa shape index (κ1) is 13.2. The standard InChI is InChI=1S/C10H9Br3N4/c1-17-10(7(13)4-16-17)8(14)9-6(12)2-5(11)3-15-9/h2-4,8H,14H2,1H3. The zero-order valence-corrected chi connectivity index (χ0v) is 13.6. The van der Waals surface area contributed by atoms with E-state index in [1.807, 2.05) is 13.1 Å². The van der Waals surface area contributed by atoms with Gasteiger partial charge in [0.25, 0.3) is 0 Å². The molecular formula is C10H9Br3N4. The van der Waals surface area contributed by atoms with Gasteiger partial charge in [0.05, 0.1) is 28.1 Å². The quantitative estimate of drug-likeness (QED) is 0.805. The molecule has 0 aromatic carbocycles. The van der Waals surface area contributed by atoms with Crippen LogP contribution >= 0.6 is 47.8 Å². The maximum atomic E-state index is 6.21. The second-order valence-electron chi connectivity index (χ2n) is 3.50. The van der Waals surface area contributed by atoms with Gasteiger partial charge < -0.3 is 5.73 Å². The fourth-order valence-corrected chi connectivity index (χ4v) is 3.38. The zero-order chi connectivity index (χ0) is 12.6. The largest absolute Gasteiger partial charge is 0.318 e. The van der Waals surface area contributed by atoms with Crippen molar-refractivity contribution in [1.82, 2.24) is 14.8 Å². The van der Waals surface area contributed by atoms with Gasteiger partial charge in [-0.05, 0) is 53.9 Å². The lowest BCUT2D eigenvalue weighted by molar-refractivity contribution is 0.660. The van der Waals surface area contributed by atoms with E-state index in [0.29, 0.717) is 0 Å². The summed E-state index contributed by atoms with van der Waals surface area (Å²) < 4.78 is 4.39. The second-order valence-corrected chi connectivity index (χ2v) is 6.12. The summed E-state index contributed by atoms with van der Waals surface area (Å²) in [6, 6.07) is 1.59. The third-order valence-corrected chi connectivity index (χ3v) is 4.04. The van der Waals surface area contributed by atoms with Crippen LogP contribution in [0.3, 0.4) is 0 Å². The number of halogens is 3. The number of rotatable bonds is 2. The molecule has 0 aliphatic rings. The van der Waals surface area contributed by atoms with Gasteiger partial charge in [-0.25, -0.2) is 0 Å². The Balaban J connectivity index is 2.47. The van der Waals surface area contributed by atoms with Crippen LogP contribution in [0.1, 0.15) is 17.4 Å². The van der Waals surface area contributed by atoms with Gasteiger partial charge in [-0.15, -0.1) is 0 Å². The monoisotopic (exact) mass is 422 g/mol. The molecule has 1 unspecified atom stereocenters. The third kappa shape index (κ3) is 2.62. The molecule has 2 heterocycles. The maximum absolute atomic E-state index is 6.21. The van der Waals surface area contributed by atoms with Crippen molar-refractivity contribution in [2.75, 3.05) is 0 Å². The van der Waals surface area contributed by atoms with Crippen molar-refractivity contribution in [3.8, 4) is 0 Å². The molecular weight excluding hydrogens is 416 g/mol. The lowest BCUT2D eigenvalue weighted by atomic mass is 10.1. The van der Waals surface area contributed by atoms with Crippen LogP contribution in [0.2, 0.25) is 0 Å². The van der Waals surface area contributed by atoms with Crippen LogP contribution in [-0.2, 0) is 7.05 Å². The minimum Gasteiger partial charge on any atom is -0.318 e. The van der Waals surface area contributed by atoms with E-state index in [1.165, 1.54) is 0 Å². The highest BCUT2D eigenvalue weighted by atomic mass is 79.9. The highest BCUT2D eigenvalue weighted by molar-refractivity contribution is 9.11. The van der Waals surface area contributed by atoms with Crippen LogP contribution in [0, 0.1) is 0 Å². The van der Waals surface area contributed by atoms with E-state index in [9.17, 15) is 0 Å². The second kappa shape index (κ2) is 5.17. The fourth-order valence-electron chi connectivity index (χ4n) is 1.55. The van der Waals surface area contributed by atoms with Crippen LogP contribution in [0.15, 0.2) is 31.9 Å². The Morgan fingerprint density at radius 2 is 1.94 bits per heavy atom. The molecule has 0 saturated carbocycles. The molecule has 0 spiro atoms. The predicted octanol–water partition coefficient (Wildman–Crippen LogP) is 3.15. The van der Waals surface area contributed by atoms with Gasteiger partial charge in [0.2, 0.25) is 0 Å². The predicted molar refractivity (Wildman–Crippen MR) is 76.6 cm³/mol. The van der Waals surface area contributed by atoms with Crippen molar-refractivity contribution in [1.29, 1.82) is 0 Å². The van der Waals surface area contributed by atoms with Crippen molar-refractivity contribution in [3.63, 3.8) is 0 Å². The molecule has 2 rings (SSSR count). The molecule has 2 N–H and O–H groups in total. The number of hydrogen-bond acceptors (Lipinski definition) is 3. The van der Waals surface area contributed by atoms with Crippen LogP contribution in [0.25, 0.3) is 0 Å². The summed E-state index contributed by atoms with van der Waals surface area (Å²) in [7, 11) is 1.85. The molecule has 0 radical (unpaired) electrons. The Labute approximate surface area is 124 Å². The molecule has 0 bridgehead atoms. The maximum Gasteiger partial charge on any atom is 0.0919 e. The number of aryl methyl sites for hydroxylation is 1. The Kier molecular flexibility index (Phi) is 4.02. The molecule has 0 aliphatic carbocycles. The van der Waals surface area contributed by atoms with E-state index in [2.05, 4.69) is 57.9 Å². The highest BCUT2D eigenvalue weighted by Gasteiger charge is 2.20. The van der Waals surface area contributed by atoms with E-state index in [4.69, 9.17) is 5.73 Å². The molecule has 2 aromatic heterocycles. The molecule has 2 aromatic rings. The van der Waals surface area contributed by atoms with Crippen molar-refractivity contribution in [2.24, 2.45) is 12.8 Å². The average molecular weight is 425 g/mol. The first-order chi connectivity index (χ1) is 8.00. The van der Waals surface area contributed by atoms with E-state index < -0.39 is 0 Å². The van der Waals surface area contributed by atoms with Gasteiger partial charge >= 0.3 is 0 Å². The Bertz CT molecular complexity index is 533. The van der Waals surface area contributed by atoms with E-state index >= 15 is 0 Å². The summed E-state index contributed by atoms with van der Waals surface area (Å²) in [5.41, 5.74) is 7.88. The molecule has 1 atom stereocenters.